The molecule has 1 aromatic heterocycles. The molecule has 1 aliphatic heterocycles. The molecular weight excluding hydrogens is 634 g/mol. The molecule has 0 radical (unpaired) electrons. The molecule has 5 rings (SSSR count). The van der Waals surface area contributed by atoms with E-state index < -0.39 is 20.2 Å². The van der Waals surface area contributed by atoms with Crippen LogP contribution in [0.3, 0.4) is 0 Å². The summed E-state index contributed by atoms with van der Waals surface area (Å²) >= 11 is 1.40. The Morgan fingerprint density at radius 3 is 2.09 bits per heavy atom. The van der Waals surface area contributed by atoms with E-state index in [2.05, 4.69) is 4.90 Å². The highest BCUT2D eigenvalue weighted by Gasteiger charge is 2.21. The first-order valence-electron chi connectivity index (χ1n) is 13.4. The van der Waals surface area contributed by atoms with E-state index in [1.807, 2.05) is 6.07 Å². The van der Waals surface area contributed by atoms with Crippen LogP contribution in [0.15, 0.2) is 60.7 Å². The zero-order chi connectivity index (χ0) is 29.9. The van der Waals surface area contributed by atoms with Crippen molar-refractivity contribution in [2.75, 3.05) is 38.8 Å². The second-order valence-corrected chi connectivity index (χ2v) is 14.4. The number of carbonyl (C=O) groups is 1. The highest BCUT2D eigenvalue weighted by molar-refractivity contribution is 7.86. The number of thiophene rings is 1. The number of rotatable bonds is 11. The first-order valence-corrected chi connectivity index (χ1v) is 17.8. The van der Waals surface area contributed by atoms with Gasteiger partial charge in [0.1, 0.15) is 23.9 Å². The zero-order valence-electron chi connectivity index (χ0n) is 23.6. The summed E-state index contributed by atoms with van der Waals surface area (Å²) in [6.07, 6.45) is 6.42. The van der Waals surface area contributed by atoms with Gasteiger partial charge in [0.05, 0.1) is 12.5 Å². The summed E-state index contributed by atoms with van der Waals surface area (Å²) in [6.45, 7) is 3.48. The van der Waals surface area contributed by atoms with E-state index in [4.69, 9.17) is 13.1 Å². The predicted molar refractivity (Wildman–Crippen MR) is 172 cm³/mol. The van der Waals surface area contributed by atoms with Gasteiger partial charge in [-0.2, -0.15) is 16.8 Å². The van der Waals surface area contributed by atoms with Crippen molar-refractivity contribution >= 4 is 60.4 Å². The van der Waals surface area contributed by atoms with Crippen molar-refractivity contribution in [3.63, 3.8) is 0 Å². The molecule has 0 saturated carbocycles. The fraction of sp³-hybridized carbons (Fsp3) is 0.300. The highest BCUT2D eigenvalue weighted by Crippen LogP contribution is 2.47. The molecule has 0 N–H and O–H groups in total. The molecule has 4 aromatic rings. The highest BCUT2D eigenvalue weighted by atomic mass is 35.5. The number of piperidine rings is 1. The van der Waals surface area contributed by atoms with Crippen molar-refractivity contribution in [2.45, 2.75) is 19.3 Å². The molecule has 0 spiro atoms. The Bertz CT molecular complexity index is 1810. The van der Waals surface area contributed by atoms with E-state index in [1.165, 1.54) is 30.6 Å². The van der Waals surface area contributed by atoms with E-state index in [0.717, 1.165) is 64.5 Å². The van der Waals surface area contributed by atoms with E-state index >= 15 is 0 Å². The second kappa shape index (κ2) is 13.6. The summed E-state index contributed by atoms with van der Waals surface area (Å²) in [7, 11) is -7.42. The first kappa shape index (κ1) is 32.7. The van der Waals surface area contributed by atoms with E-state index in [1.54, 1.807) is 54.6 Å². The van der Waals surface area contributed by atoms with Crippen LogP contribution >= 0.6 is 23.7 Å². The molecule has 1 saturated heterocycles. The van der Waals surface area contributed by atoms with Gasteiger partial charge in [0.2, 0.25) is 0 Å². The summed E-state index contributed by atoms with van der Waals surface area (Å²) in [5.74, 6) is 0.976. The van der Waals surface area contributed by atoms with Gasteiger partial charge in [-0.3, -0.25) is 9.69 Å². The summed E-state index contributed by atoms with van der Waals surface area (Å²) in [6, 6.07) is 17.0. The maximum Gasteiger partial charge on any atom is 0.306 e. The number of carbonyl (C=O) groups excluding carboxylic acids is 1. The summed E-state index contributed by atoms with van der Waals surface area (Å²) in [5.41, 5.74) is 2.65. The number of benzene rings is 3. The number of halogens is 1. The van der Waals surface area contributed by atoms with Crippen molar-refractivity contribution < 1.29 is 34.7 Å². The van der Waals surface area contributed by atoms with Crippen LogP contribution in [0.4, 0.5) is 0 Å². The predicted octanol–water partition coefficient (Wildman–Crippen LogP) is 6.01. The molecule has 9 nitrogen and oxygen atoms in total. The van der Waals surface area contributed by atoms with Crippen LogP contribution in [-0.2, 0) is 20.2 Å². The van der Waals surface area contributed by atoms with Gasteiger partial charge in [-0.05, 0) is 97.7 Å². The van der Waals surface area contributed by atoms with Crippen molar-refractivity contribution in [1.29, 1.82) is 0 Å². The molecular formula is C30H32ClNO8S3. The van der Waals surface area contributed by atoms with Crippen LogP contribution in [0.1, 0.15) is 29.6 Å². The average Bonchev–Trinajstić information content (AvgIpc) is 3.31. The standard InChI is InChI=1S/C30H31NO8S3.ClH/c1-41(33,34)38-23-9-6-21(7-10-23)30-29(26-13-12-25(19-28(26)40-30)39-42(2,35)36)27-18-24(11-8-22(27)20-32)37-17-16-31-14-4-3-5-15-31;/h6-13,18-20H,3-5,14-17H2,1-2H3;1H. The van der Waals surface area contributed by atoms with Crippen molar-refractivity contribution in [3.05, 3.63) is 66.2 Å². The van der Waals surface area contributed by atoms with Crippen LogP contribution < -0.4 is 13.1 Å². The molecule has 1 fully saturated rings. The van der Waals surface area contributed by atoms with Gasteiger partial charge in [0, 0.05) is 32.6 Å². The topological polar surface area (TPSA) is 116 Å². The van der Waals surface area contributed by atoms with Crippen molar-refractivity contribution in [3.8, 4) is 38.8 Å². The molecule has 3 aromatic carbocycles. The van der Waals surface area contributed by atoms with E-state index in [0.29, 0.717) is 23.5 Å². The normalized spacial score (nSPS) is 14.2. The molecule has 0 amide bonds. The third kappa shape index (κ3) is 8.48. The lowest BCUT2D eigenvalue weighted by Gasteiger charge is -2.26. The zero-order valence-corrected chi connectivity index (χ0v) is 26.9. The summed E-state index contributed by atoms with van der Waals surface area (Å²) < 4.78 is 63.7. The number of aldehydes is 1. The Morgan fingerprint density at radius 1 is 0.814 bits per heavy atom. The number of likely N-dealkylation sites (tertiary alicyclic amines) is 1. The third-order valence-corrected chi connectivity index (χ3v) is 9.01. The molecule has 0 bridgehead atoms. The number of nitrogens with zero attached hydrogens (tertiary/aromatic N) is 1. The molecule has 43 heavy (non-hydrogen) atoms. The minimum Gasteiger partial charge on any atom is -0.492 e. The van der Waals surface area contributed by atoms with Crippen LogP contribution in [0.2, 0.25) is 0 Å². The van der Waals surface area contributed by atoms with E-state index in [-0.39, 0.29) is 23.9 Å². The maximum atomic E-state index is 12.2. The summed E-state index contributed by atoms with van der Waals surface area (Å²) in [5, 5.41) is 0.792. The van der Waals surface area contributed by atoms with Gasteiger partial charge in [-0.25, -0.2) is 0 Å². The lowest BCUT2D eigenvalue weighted by molar-refractivity contribution is 0.112. The quantitative estimate of drug-likeness (QED) is 0.140. The maximum absolute atomic E-state index is 12.2. The minimum atomic E-state index is -3.73. The van der Waals surface area contributed by atoms with Crippen LogP contribution in [-0.4, -0.2) is 66.8 Å². The van der Waals surface area contributed by atoms with Crippen molar-refractivity contribution in [1.82, 2.24) is 4.90 Å². The minimum absolute atomic E-state index is 0. The average molecular weight is 666 g/mol. The number of hydrogen-bond donors (Lipinski definition) is 0. The Balaban J connectivity index is 0.00000423. The summed E-state index contributed by atoms with van der Waals surface area (Å²) in [4.78, 5) is 15.4. The Labute approximate surface area is 262 Å². The van der Waals surface area contributed by atoms with Crippen LogP contribution in [0.5, 0.6) is 17.2 Å². The third-order valence-electron chi connectivity index (χ3n) is 6.82. The molecule has 0 aliphatic carbocycles. The molecule has 13 heteroatoms. The Kier molecular flexibility index (Phi) is 10.4. The molecule has 0 unspecified atom stereocenters. The number of fused-ring (bicyclic) bond motifs is 1. The molecule has 1 aliphatic rings. The van der Waals surface area contributed by atoms with Gasteiger partial charge >= 0.3 is 20.2 Å². The Morgan fingerprint density at radius 2 is 1.44 bits per heavy atom. The molecule has 230 valence electrons. The van der Waals surface area contributed by atoms with Gasteiger partial charge in [-0.1, -0.05) is 6.42 Å². The van der Waals surface area contributed by atoms with Gasteiger partial charge < -0.3 is 13.1 Å². The van der Waals surface area contributed by atoms with Crippen LogP contribution in [0, 0.1) is 0 Å². The smallest absolute Gasteiger partial charge is 0.306 e. The second-order valence-electron chi connectivity index (χ2n) is 10.2. The molecule has 2 heterocycles. The van der Waals surface area contributed by atoms with Gasteiger partial charge in [0.25, 0.3) is 0 Å². The lowest BCUT2D eigenvalue weighted by Crippen LogP contribution is -2.33. The first-order chi connectivity index (χ1) is 20.0. The number of hydrogen-bond acceptors (Lipinski definition) is 10. The largest absolute Gasteiger partial charge is 0.492 e. The van der Waals surface area contributed by atoms with Gasteiger partial charge in [0.15, 0.2) is 6.29 Å². The Hall–Kier alpha value is -3.16. The lowest BCUT2D eigenvalue weighted by atomic mass is 9.95. The fourth-order valence-electron chi connectivity index (χ4n) is 5.03. The van der Waals surface area contributed by atoms with Gasteiger partial charge in [-0.15, -0.1) is 23.7 Å². The van der Waals surface area contributed by atoms with E-state index in [9.17, 15) is 21.6 Å². The van der Waals surface area contributed by atoms with Crippen LogP contribution in [0.25, 0.3) is 31.7 Å². The molecule has 0 atom stereocenters. The fourth-order valence-corrected chi connectivity index (χ4v) is 7.20. The van der Waals surface area contributed by atoms with Crippen molar-refractivity contribution in [2.24, 2.45) is 0 Å². The number of ether oxygens (including phenoxy) is 1. The SMILES string of the molecule is CS(=O)(=O)Oc1ccc(-c2sc3cc(OS(C)(=O)=O)ccc3c2-c2cc(OCCN3CCCCC3)ccc2C=O)cc1.Cl. The monoisotopic (exact) mass is 665 g/mol.